The van der Waals surface area contributed by atoms with Gasteiger partial charge in [-0.25, -0.2) is 0 Å². The van der Waals surface area contributed by atoms with Crippen molar-refractivity contribution in [1.29, 1.82) is 0 Å². The summed E-state index contributed by atoms with van der Waals surface area (Å²) >= 11 is -0.546. The number of hydrogen-bond donors (Lipinski definition) is 2. The molecule has 160 valence electrons. The Kier molecular flexibility index (Phi) is 30.0. The molecule has 0 aromatic carbocycles. The van der Waals surface area contributed by atoms with Crippen molar-refractivity contribution in [3.63, 3.8) is 0 Å². The third-order valence-corrected chi connectivity index (χ3v) is 22.8. The van der Waals surface area contributed by atoms with E-state index in [2.05, 4.69) is 13.8 Å². The van der Waals surface area contributed by atoms with Gasteiger partial charge in [0.25, 0.3) is 0 Å². The number of ether oxygens (including phenoxy) is 2. The first-order valence-electron chi connectivity index (χ1n) is 9.30. The number of rotatable bonds is 5. The third-order valence-electron chi connectivity index (χ3n) is 2.51. The van der Waals surface area contributed by atoms with Gasteiger partial charge in [-0.3, -0.25) is 0 Å². The largest absolute Gasteiger partial charge is 1.00 e. The zero-order chi connectivity index (χ0) is 21.6. The van der Waals surface area contributed by atoms with Gasteiger partial charge in [0.15, 0.2) is 0 Å². The van der Waals surface area contributed by atoms with E-state index in [1.54, 1.807) is 22.0 Å². The quantitative estimate of drug-likeness (QED) is 0.0823. The molecule has 0 radical (unpaired) electrons. The van der Waals surface area contributed by atoms with E-state index in [0.717, 1.165) is 38.9 Å². The van der Waals surface area contributed by atoms with Gasteiger partial charge in [0.1, 0.15) is 0 Å². The van der Waals surface area contributed by atoms with Crippen molar-refractivity contribution >= 4 is 75.3 Å². The average Bonchev–Trinajstić information content (AvgIpc) is 3.04. The monoisotopic (exact) mass is 756 g/mol. The summed E-state index contributed by atoms with van der Waals surface area (Å²) in [6.07, 6.45) is 4.81. The molecule has 28 heavy (non-hydrogen) atoms. The summed E-state index contributed by atoms with van der Waals surface area (Å²) < 4.78 is 45.6. The molecule has 14 heteroatoms. The topological polar surface area (TPSA) is 70.5 Å². The van der Waals surface area contributed by atoms with E-state index in [4.69, 9.17) is 23.7 Å². The smallest absolute Gasteiger partial charge is 0.381 e. The third kappa shape index (κ3) is 22.5. The minimum Gasteiger partial charge on any atom is -0.381 e. The Morgan fingerprint density at radius 2 is 1.57 bits per heavy atom. The number of alkyl halides is 4. The first-order chi connectivity index (χ1) is 13.1. The fourth-order valence-corrected chi connectivity index (χ4v) is 19.4. The molecule has 3 heterocycles. The second kappa shape index (κ2) is 24.7. The van der Waals surface area contributed by atoms with Gasteiger partial charge in [-0.2, -0.15) is 0 Å². The Balaban J connectivity index is -0.000000326. The Morgan fingerprint density at radius 3 is 1.68 bits per heavy atom. The molecule has 3 rings (SSSR count). The fourth-order valence-electron chi connectivity index (χ4n) is 1.37. The van der Waals surface area contributed by atoms with Crippen LogP contribution in [0.1, 0.15) is 42.3 Å². The van der Waals surface area contributed by atoms with E-state index in [1.807, 2.05) is 21.6 Å². The number of halogens is 4. The summed E-state index contributed by atoms with van der Waals surface area (Å²) in [5.74, 6) is 2.47. The predicted molar refractivity (Wildman–Crippen MR) is 134 cm³/mol. The molecule has 0 bridgehead atoms. The van der Waals surface area contributed by atoms with Crippen LogP contribution in [-0.4, -0.2) is 45.0 Å². The molecule has 0 aromatic heterocycles. The second-order valence-corrected chi connectivity index (χ2v) is 21.0. The van der Waals surface area contributed by atoms with E-state index < -0.39 is 26.4 Å². The van der Waals surface area contributed by atoms with Gasteiger partial charge in [-0.05, 0) is 25.7 Å². The van der Waals surface area contributed by atoms with Crippen LogP contribution in [0.2, 0.25) is 0 Å². The zero-order valence-electron chi connectivity index (χ0n) is 19.0. The molecule has 4 unspecified atom stereocenters. The van der Waals surface area contributed by atoms with Crippen molar-refractivity contribution in [3.8, 4) is 0 Å². The molecule has 0 amide bonds. The van der Waals surface area contributed by atoms with Crippen LogP contribution in [0.5, 0.6) is 0 Å². The molecular formula is C14H30F2I2K2N2O2P2S2. The Bertz CT molecular complexity index is 399. The molecule has 3 saturated heterocycles. The molecule has 4 nitrogen and oxygen atoms in total. The molecular weight excluding hydrogens is 724 g/mol. The second-order valence-electron chi connectivity index (χ2n) is 4.78. The first-order valence-corrected chi connectivity index (χ1v) is 20.1. The molecule has 4 N–H and O–H groups in total. The van der Waals surface area contributed by atoms with Crippen LogP contribution in [0, 0.1) is 0 Å². The maximum absolute atomic E-state index is 13.0. The van der Waals surface area contributed by atoms with Gasteiger partial charge in [0.2, 0.25) is 0 Å². The average molecular weight is 757 g/mol. The molecule has 3 aliphatic heterocycles. The van der Waals surface area contributed by atoms with Crippen LogP contribution in [0.3, 0.4) is 0 Å². The molecule has 3 aliphatic rings. The van der Waals surface area contributed by atoms with Crippen LogP contribution in [0.4, 0.5) is 8.78 Å². The van der Waals surface area contributed by atoms with Crippen LogP contribution >= 0.6 is 75.3 Å². The minimum atomic E-state index is -2.33. The van der Waals surface area contributed by atoms with Gasteiger partial charge in [-0.1, -0.05) is 35.4 Å². The molecule has 0 saturated carbocycles. The summed E-state index contributed by atoms with van der Waals surface area (Å²) in [6, 6.07) is 0. The summed E-state index contributed by atoms with van der Waals surface area (Å²) in [5.41, 5.74) is 10.2. The minimum absolute atomic E-state index is 0. The maximum Gasteiger partial charge on any atom is 1.00 e. The predicted octanol–water partition coefficient (Wildman–Crippen LogP) is 0.752. The maximum atomic E-state index is 13.0. The summed E-state index contributed by atoms with van der Waals surface area (Å²) in [7, 11) is 3.85. The van der Waals surface area contributed by atoms with Crippen LogP contribution in [0.15, 0.2) is 0 Å². The zero-order valence-corrected chi connectivity index (χ0v) is 31.0. The van der Waals surface area contributed by atoms with Crippen molar-refractivity contribution in [1.82, 2.24) is 0 Å². The Hall–Kier alpha value is 5.99. The van der Waals surface area contributed by atoms with Crippen molar-refractivity contribution in [2.24, 2.45) is 11.5 Å². The van der Waals surface area contributed by atoms with Gasteiger partial charge < -0.3 is 9.47 Å². The molecule has 0 aliphatic carbocycles. The van der Waals surface area contributed by atoms with Crippen molar-refractivity contribution in [3.05, 3.63) is 0 Å². The van der Waals surface area contributed by atoms with Crippen LogP contribution in [-0.2, 0) is 9.47 Å². The molecule has 4 atom stereocenters. The van der Waals surface area contributed by atoms with Crippen molar-refractivity contribution in [2.75, 3.05) is 37.9 Å². The summed E-state index contributed by atoms with van der Waals surface area (Å²) in [6.45, 7) is 5.54. The normalized spacial score (nSPS) is 32.8. The van der Waals surface area contributed by atoms with Crippen molar-refractivity contribution < 1.29 is 124 Å². The SMILES string of the molecule is CCSSCC.NC(F)([P-]I)I1[P-]C1(N)F.[2H]C1CCCO1.[2H]C1CCCO1.[K+].[K+]. The van der Waals surface area contributed by atoms with E-state index >= 15 is 0 Å². The molecule has 0 aromatic rings. The summed E-state index contributed by atoms with van der Waals surface area (Å²) in [4.78, 5) is 0. The number of hydrogen-bond acceptors (Lipinski definition) is 6. The fraction of sp³-hybridized carbons (Fsp3) is 1.00. The van der Waals surface area contributed by atoms with Crippen LogP contribution < -0.4 is 114 Å². The van der Waals surface area contributed by atoms with Gasteiger partial charge in [0, 0.05) is 37.9 Å². The van der Waals surface area contributed by atoms with Crippen molar-refractivity contribution in [2.45, 2.75) is 46.6 Å². The first kappa shape index (κ1) is 34.0. The van der Waals surface area contributed by atoms with E-state index in [1.165, 1.54) is 11.5 Å². The van der Waals surface area contributed by atoms with E-state index in [-0.39, 0.29) is 116 Å². The van der Waals surface area contributed by atoms with Crippen LogP contribution in [0.25, 0.3) is 0 Å². The summed E-state index contributed by atoms with van der Waals surface area (Å²) in [5, 5.41) is 0. The van der Waals surface area contributed by atoms with Gasteiger partial charge >= 0.3 is 184 Å². The van der Waals surface area contributed by atoms with E-state index in [9.17, 15) is 8.78 Å². The number of nitrogens with two attached hydrogens (primary N) is 2. The van der Waals surface area contributed by atoms with Gasteiger partial charge in [-0.15, -0.1) is 0 Å². The van der Waals surface area contributed by atoms with Gasteiger partial charge in [0.05, 0.1) is 2.74 Å². The molecule has 3 fully saturated rings. The standard InChI is InChI=1S/2C4H8O.C4H10S2.C2H4F2I2N2P2.2K/c2*1-2-4-5-3-1;1-3-5-6-4-2;3-1(7,9-5)6-2(4,8)10-6;;/h2*1-4H2;3-4H2,1-2H3;7-8H2;;/q;;;-2;2*+1/i2*3D;;;;. The van der Waals surface area contributed by atoms with E-state index in [0.29, 0.717) is 12.4 Å². The Labute approximate surface area is 288 Å². The molecule has 0 spiro atoms. The Morgan fingerprint density at radius 1 is 1.18 bits per heavy atom.